The fraction of sp³-hybridized carbons (Fsp3) is 0.0417. The third-order valence-electron chi connectivity index (χ3n) is 5.92. The van der Waals surface area contributed by atoms with Crippen LogP contribution < -0.4 is 0 Å². The summed E-state index contributed by atoms with van der Waals surface area (Å²) in [7, 11) is 0. The van der Waals surface area contributed by atoms with E-state index in [0.29, 0.717) is 0 Å². The third kappa shape index (κ3) is 1.63. The van der Waals surface area contributed by atoms with Crippen LogP contribution in [0.2, 0.25) is 0 Å². The van der Waals surface area contributed by atoms with E-state index >= 15 is 0 Å². The highest BCUT2D eigenvalue weighted by molar-refractivity contribution is 6.19. The molecular weight excluding hydrogens is 344 g/mol. The minimum atomic E-state index is 0.929. The Labute approximate surface area is 160 Å². The molecule has 6 aromatic rings. The Hall–Kier alpha value is -3.79. The van der Waals surface area contributed by atoms with Crippen LogP contribution in [0.1, 0.15) is 11.1 Å². The number of nitrogens with zero attached hydrogens (tertiary/aromatic N) is 4. The quantitative estimate of drug-likeness (QED) is 0.352. The van der Waals surface area contributed by atoms with Gasteiger partial charge in [0.15, 0.2) is 0 Å². The smallest absolute Gasteiger partial charge is 0.147 e. The maximum Gasteiger partial charge on any atom is 0.147 e. The lowest BCUT2D eigenvalue weighted by Gasteiger charge is -2.12. The Bertz CT molecular complexity index is 1590. The van der Waals surface area contributed by atoms with Gasteiger partial charge in [-0.3, -0.25) is 9.38 Å². The monoisotopic (exact) mass is 358 g/mol. The van der Waals surface area contributed by atoms with Gasteiger partial charge in [0.2, 0.25) is 0 Å². The third-order valence-corrected chi connectivity index (χ3v) is 5.92. The van der Waals surface area contributed by atoms with E-state index in [1.165, 1.54) is 27.6 Å². The van der Waals surface area contributed by atoms with Gasteiger partial charge < -0.3 is 0 Å². The normalized spacial score (nSPS) is 12.9. The molecule has 4 aromatic heterocycles. The molecule has 0 unspecified atom stereocenters. The van der Waals surface area contributed by atoms with Gasteiger partial charge in [-0.05, 0) is 46.9 Å². The number of fused-ring (bicyclic) bond motifs is 12. The largest absolute Gasteiger partial charge is 0.274 e. The molecule has 0 saturated heterocycles. The van der Waals surface area contributed by atoms with Crippen LogP contribution in [-0.2, 0) is 6.42 Å². The molecule has 7 rings (SSSR count). The van der Waals surface area contributed by atoms with Gasteiger partial charge in [-0.25, -0.2) is 9.97 Å². The lowest BCUT2D eigenvalue weighted by Crippen LogP contribution is -1.95. The molecule has 0 spiro atoms. The van der Waals surface area contributed by atoms with Gasteiger partial charge in [-0.15, -0.1) is 0 Å². The highest BCUT2D eigenvalue weighted by atomic mass is 15.1. The summed E-state index contributed by atoms with van der Waals surface area (Å²) in [6.07, 6.45) is 6.50. The summed E-state index contributed by atoms with van der Waals surface area (Å²) in [5.74, 6) is 0. The molecule has 0 saturated carbocycles. The fourth-order valence-electron chi connectivity index (χ4n) is 4.78. The van der Waals surface area contributed by atoms with E-state index in [1.54, 1.807) is 6.20 Å². The Kier molecular flexibility index (Phi) is 2.51. The average molecular weight is 358 g/mol. The molecule has 4 heterocycles. The van der Waals surface area contributed by atoms with Crippen LogP contribution in [0.25, 0.3) is 49.6 Å². The second-order valence-corrected chi connectivity index (χ2v) is 7.37. The van der Waals surface area contributed by atoms with Gasteiger partial charge in [-0.2, -0.15) is 0 Å². The second-order valence-electron chi connectivity index (χ2n) is 7.37. The number of imidazole rings is 1. The predicted molar refractivity (Wildman–Crippen MR) is 112 cm³/mol. The molecule has 1 aliphatic carbocycles. The van der Waals surface area contributed by atoms with E-state index in [1.807, 2.05) is 24.5 Å². The molecule has 0 atom stereocenters. The highest BCUT2D eigenvalue weighted by Crippen LogP contribution is 2.44. The van der Waals surface area contributed by atoms with Crippen molar-refractivity contribution in [2.75, 3.05) is 0 Å². The van der Waals surface area contributed by atoms with Crippen LogP contribution in [0.15, 0.2) is 73.2 Å². The Balaban J connectivity index is 1.82. The first-order chi connectivity index (χ1) is 13.9. The van der Waals surface area contributed by atoms with Crippen LogP contribution in [0.5, 0.6) is 0 Å². The van der Waals surface area contributed by atoms with E-state index in [-0.39, 0.29) is 0 Å². The van der Waals surface area contributed by atoms with Gasteiger partial charge in [0.25, 0.3) is 0 Å². The first-order valence-electron chi connectivity index (χ1n) is 9.43. The van der Waals surface area contributed by atoms with Crippen molar-refractivity contribution < 1.29 is 0 Å². The molecular formula is C24H14N4. The summed E-state index contributed by atoms with van der Waals surface area (Å²) in [5.41, 5.74) is 9.23. The summed E-state index contributed by atoms with van der Waals surface area (Å²) >= 11 is 0. The Morgan fingerprint density at radius 1 is 0.786 bits per heavy atom. The number of pyridine rings is 3. The lowest BCUT2D eigenvalue weighted by molar-refractivity contribution is 1.22. The number of benzene rings is 2. The van der Waals surface area contributed by atoms with E-state index in [0.717, 1.165) is 39.5 Å². The van der Waals surface area contributed by atoms with Crippen molar-refractivity contribution in [3.8, 4) is 11.1 Å². The average Bonchev–Trinajstić information content (AvgIpc) is 3.32. The van der Waals surface area contributed by atoms with E-state index in [2.05, 4.69) is 51.8 Å². The molecule has 0 N–H and O–H groups in total. The summed E-state index contributed by atoms with van der Waals surface area (Å²) in [4.78, 5) is 14.0. The number of rotatable bonds is 0. The van der Waals surface area contributed by atoms with Gasteiger partial charge in [0, 0.05) is 28.6 Å². The van der Waals surface area contributed by atoms with E-state index in [9.17, 15) is 0 Å². The van der Waals surface area contributed by atoms with Gasteiger partial charge >= 0.3 is 0 Å². The molecule has 130 valence electrons. The molecule has 0 amide bonds. The predicted octanol–water partition coefficient (Wildman–Crippen LogP) is 5.16. The zero-order valence-electron chi connectivity index (χ0n) is 14.9. The molecule has 4 heteroatoms. The number of hydrogen-bond acceptors (Lipinski definition) is 3. The fourth-order valence-corrected chi connectivity index (χ4v) is 4.78. The van der Waals surface area contributed by atoms with Crippen LogP contribution in [-0.4, -0.2) is 19.4 Å². The topological polar surface area (TPSA) is 43.1 Å². The van der Waals surface area contributed by atoms with Crippen molar-refractivity contribution in [2.45, 2.75) is 6.42 Å². The van der Waals surface area contributed by atoms with Crippen molar-refractivity contribution >= 4 is 38.5 Å². The lowest BCUT2D eigenvalue weighted by atomic mass is 9.96. The van der Waals surface area contributed by atoms with Gasteiger partial charge in [0.1, 0.15) is 11.3 Å². The summed E-state index contributed by atoms with van der Waals surface area (Å²) in [5, 5.41) is 3.56. The van der Waals surface area contributed by atoms with Crippen LogP contribution in [0.3, 0.4) is 0 Å². The van der Waals surface area contributed by atoms with Crippen molar-refractivity contribution in [1.82, 2.24) is 19.4 Å². The summed E-state index contributed by atoms with van der Waals surface area (Å²) in [6.45, 7) is 0. The van der Waals surface area contributed by atoms with Crippen molar-refractivity contribution in [1.29, 1.82) is 0 Å². The van der Waals surface area contributed by atoms with Crippen LogP contribution in [0.4, 0.5) is 0 Å². The molecule has 2 aromatic carbocycles. The molecule has 0 radical (unpaired) electrons. The van der Waals surface area contributed by atoms with E-state index < -0.39 is 0 Å². The maximum atomic E-state index is 4.96. The first-order valence-corrected chi connectivity index (χ1v) is 9.43. The van der Waals surface area contributed by atoms with Gasteiger partial charge in [0.05, 0.1) is 17.2 Å². The standard InChI is InChI=1S/C24H14N4/c1-2-5-16-14(4-1)12-15-7-8-18-22(21(15)16)17-6-3-10-26-23(17)28-20-13-25-11-9-19(20)27-24(18)28/h1-11,13H,12H2. The molecule has 28 heavy (non-hydrogen) atoms. The maximum absolute atomic E-state index is 4.96. The molecule has 0 bridgehead atoms. The van der Waals surface area contributed by atoms with Crippen molar-refractivity contribution in [3.63, 3.8) is 0 Å². The zero-order valence-corrected chi connectivity index (χ0v) is 14.9. The molecule has 4 nitrogen and oxygen atoms in total. The Morgan fingerprint density at radius 2 is 1.71 bits per heavy atom. The zero-order chi connectivity index (χ0) is 18.2. The minimum Gasteiger partial charge on any atom is -0.274 e. The minimum absolute atomic E-state index is 0.929. The first kappa shape index (κ1) is 14.3. The molecule has 0 fully saturated rings. The summed E-state index contributed by atoms with van der Waals surface area (Å²) < 4.78 is 2.15. The second kappa shape index (κ2) is 4.93. The number of aromatic nitrogens is 4. The van der Waals surface area contributed by atoms with Crippen molar-refractivity contribution in [2.24, 2.45) is 0 Å². The number of hydrogen-bond donors (Lipinski definition) is 0. The highest BCUT2D eigenvalue weighted by Gasteiger charge is 2.24. The molecule has 1 aliphatic rings. The Morgan fingerprint density at radius 3 is 2.71 bits per heavy atom. The van der Waals surface area contributed by atoms with Crippen LogP contribution in [0, 0.1) is 0 Å². The van der Waals surface area contributed by atoms with E-state index in [4.69, 9.17) is 9.97 Å². The SMILES string of the molecule is c1ccc2c(c1)Cc1ccc3c(c1-2)c1cccnc1n1c2cnccc2nc31. The summed E-state index contributed by atoms with van der Waals surface area (Å²) in [6, 6.07) is 19.4. The van der Waals surface area contributed by atoms with Crippen LogP contribution >= 0.6 is 0 Å². The van der Waals surface area contributed by atoms with Gasteiger partial charge in [-0.1, -0.05) is 36.4 Å². The molecule has 0 aliphatic heterocycles. The van der Waals surface area contributed by atoms with Crippen molar-refractivity contribution in [3.05, 3.63) is 84.3 Å².